The molecular formula is C44H40F3N4O6P+2. The maximum atomic E-state index is 13.5. The van der Waals surface area contributed by atoms with E-state index in [0.29, 0.717) is 39.4 Å². The van der Waals surface area contributed by atoms with Crippen LogP contribution in [-0.2, 0) is 34.2 Å². The van der Waals surface area contributed by atoms with Crippen molar-refractivity contribution in [2.24, 2.45) is 0 Å². The van der Waals surface area contributed by atoms with Gasteiger partial charge < -0.3 is 29.5 Å². The smallest absolute Gasteiger partial charge is 0.416 e. The number of aromatic nitrogens is 2. The van der Waals surface area contributed by atoms with Gasteiger partial charge in [-0.2, -0.15) is 13.2 Å². The minimum Gasteiger partial charge on any atom is -0.456 e. The van der Waals surface area contributed by atoms with E-state index in [-0.39, 0.29) is 18.4 Å². The third kappa shape index (κ3) is 7.80. The lowest BCUT2D eigenvalue weighted by molar-refractivity contribution is -0.697. The first kappa shape index (κ1) is 38.8. The van der Waals surface area contributed by atoms with Crippen LogP contribution in [0.3, 0.4) is 0 Å². The van der Waals surface area contributed by atoms with Crippen molar-refractivity contribution in [3.8, 4) is 22.6 Å². The molecule has 1 spiro atoms. The number of nitrogens with zero attached hydrogens (tertiary/aromatic N) is 3. The highest BCUT2D eigenvalue weighted by atomic mass is 31.2. The fourth-order valence-corrected chi connectivity index (χ4v) is 8.12. The van der Waals surface area contributed by atoms with E-state index in [0.717, 1.165) is 55.0 Å². The molecule has 0 aliphatic carbocycles. The second-order valence-electron chi connectivity index (χ2n) is 14.3. The highest BCUT2D eigenvalue weighted by Gasteiger charge is 2.53. The van der Waals surface area contributed by atoms with Crippen molar-refractivity contribution in [3.63, 3.8) is 0 Å². The summed E-state index contributed by atoms with van der Waals surface area (Å²) in [5.41, 5.74) is 3.86. The van der Waals surface area contributed by atoms with Crippen LogP contribution >= 0.6 is 7.60 Å². The topological polar surface area (TPSA) is 116 Å². The average Bonchev–Trinajstić information content (AvgIpc) is 3.51. The van der Waals surface area contributed by atoms with Gasteiger partial charge in [0.15, 0.2) is 36.9 Å². The molecule has 0 saturated heterocycles. The lowest BCUT2D eigenvalue weighted by atomic mass is 9.77. The van der Waals surface area contributed by atoms with Crippen molar-refractivity contribution in [1.82, 2.24) is 0 Å². The number of pyridine rings is 2. The van der Waals surface area contributed by atoms with Crippen LogP contribution in [0.25, 0.3) is 11.1 Å². The van der Waals surface area contributed by atoms with E-state index >= 15 is 0 Å². The minimum absolute atomic E-state index is 0.210. The third-order valence-corrected chi connectivity index (χ3v) is 11.3. The number of benzene rings is 4. The van der Waals surface area contributed by atoms with Crippen LogP contribution in [0.1, 0.15) is 46.0 Å². The van der Waals surface area contributed by atoms with Crippen LogP contribution in [0.4, 0.5) is 30.2 Å². The van der Waals surface area contributed by atoms with Gasteiger partial charge in [-0.05, 0) is 72.6 Å². The molecule has 10 nitrogen and oxygen atoms in total. The van der Waals surface area contributed by atoms with E-state index in [1.165, 1.54) is 6.07 Å². The Morgan fingerprint density at radius 1 is 0.759 bits per heavy atom. The van der Waals surface area contributed by atoms with Crippen LogP contribution in [0, 0.1) is 0 Å². The van der Waals surface area contributed by atoms with Crippen LogP contribution in [0.15, 0.2) is 134 Å². The SMILES string of the molecule is CCN(CCC[n+]1ccc(-c2cc[n+](CCP(=O)(O)O)cc2)cc1)c1ccc2c(c1)Oc1ccc(Nc3cccc(C(F)(F)F)c3)cc1C21OC(=O)c2ccccc21. The van der Waals surface area contributed by atoms with Crippen LogP contribution in [0.2, 0.25) is 0 Å². The van der Waals surface area contributed by atoms with Gasteiger partial charge in [-0.15, -0.1) is 0 Å². The maximum absolute atomic E-state index is 13.5. The van der Waals surface area contributed by atoms with Crippen LogP contribution in [-0.4, -0.2) is 35.0 Å². The third-order valence-electron chi connectivity index (χ3n) is 10.5. The monoisotopic (exact) mass is 808 g/mol. The average molecular weight is 809 g/mol. The Hall–Kier alpha value is -6.01. The molecule has 4 heterocycles. The lowest BCUT2D eigenvalue weighted by Crippen LogP contribution is -2.36. The highest BCUT2D eigenvalue weighted by Crippen LogP contribution is 2.57. The quantitative estimate of drug-likeness (QED) is 0.0643. The Morgan fingerprint density at radius 3 is 2.14 bits per heavy atom. The molecule has 4 aromatic carbocycles. The molecule has 1 atom stereocenters. The van der Waals surface area contributed by atoms with Crippen molar-refractivity contribution in [1.29, 1.82) is 0 Å². The van der Waals surface area contributed by atoms with Gasteiger partial charge in [-0.25, -0.2) is 13.9 Å². The fourth-order valence-electron chi connectivity index (χ4n) is 7.63. The summed E-state index contributed by atoms with van der Waals surface area (Å²) < 4.78 is 68.4. The molecule has 58 heavy (non-hydrogen) atoms. The Labute approximate surface area is 332 Å². The Morgan fingerprint density at radius 2 is 1.45 bits per heavy atom. The van der Waals surface area contributed by atoms with E-state index in [1.807, 2.05) is 79.4 Å². The molecule has 2 aliphatic rings. The summed E-state index contributed by atoms with van der Waals surface area (Å²) in [4.78, 5) is 34.0. The second-order valence-corrected chi connectivity index (χ2v) is 16.1. The van der Waals surface area contributed by atoms with Crippen LogP contribution < -0.4 is 24.1 Å². The van der Waals surface area contributed by atoms with Gasteiger partial charge in [-0.1, -0.05) is 24.3 Å². The van der Waals surface area contributed by atoms with E-state index < -0.39 is 30.9 Å². The number of nitrogens with one attached hydrogen (secondary N) is 1. The number of aryl methyl sites for hydroxylation is 2. The molecular weight excluding hydrogens is 768 g/mol. The number of fused-ring (bicyclic) bond motifs is 6. The summed E-state index contributed by atoms with van der Waals surface area (Å²) in [5, 5.41) is 3.09. The van der Waals surface area contributed by atoms with E-state index in [1.54, 1.807) is 41.0 Å². The van der Waals surface area contributed by atoms with Gasteiger partial charge in [0.2, 0.25) is 0 Å². The summed E-state index contributed by atoms with van der Waals surface area (Å²) in [7, 11) is -4.06. The summed E-state index contributed by atoms with van der Waals surface area (Å²) in [6, 6.07) is 31.2. The first-order valence-corrected chi connectivity index (χ1v) is 20.6. The van der Waals surface area contributed by atoms with Crippen molar-refractivity contribution in [2.45, 2.75) is 38.2 Å². The predicted octanol–water partition coefficient (Wildman–Crippen LogP) is 8.35. The normalized spacial score (nSPS) is 15.6. The molecule has 0 amide bonds. The van der Waals surface area contributed by atoms with Crippen LogP contribution in [0.5, 0.6) is 11.5 Å². The number of rotatable bonds is 12. The van der Waals surface area contributed by atoms with Crippen molar-refractivity contribution in [3.05, 3.63) is 162 Å². The lowest BCUT2D eigenvalue weighted by Gasteiger charge is -2.37. The molecule has 0 saturated carbocycles. The number of anilines is 3. The molecule has 6 aromatic rings. The molecule has 1 unspecified atom stereocenters. The van der Waals surface area contributed by atoms with Crippen molar-refractivity contribution < 1.29 is 50.9 Å². The maximum Gasteiger partial charge on any atom is 0.416 e. The zero-order chi connectivity index (χ0) is 40.7. The number of alkyl halides is 3. The number of hydrogen-bond donors (Lipinski definition) is 3. The van der Waals surface area contributed by atoms with Gasteiger partial charge >= 0.3 is 19.7 Å². The molecule has 296 valence electrons. The predicted molar refractivity (Wildman–Crippen MR) is 211 cm³/mol. The summed E-state index contributed by atoms with van der Waals surface area (Å²) in [6.45, 7) is 4.58. The Kier molecular flexibility index (Phi) is 10.3. The molecule has 0 bridgehead atoms. The first-order valence-electron chi connectivity index (χ1n) is 18.8. The number of hydrogen-bond acceptors (Lipinski definition) is 6. The van der Waals surface area contributed by atoms with Gasteiger partial charge in [0.25, 0.3) is 0 Å². The van der Waals surface area contributed by atoms with E-state index in [9.17, 15) is 22.5 Å². The zero-order valence-corrected chi connectivity index (χ0v) is 32.3. The fraction of sp³-hybridized carbons (Fsp3) is 0.205. The second kappa shape index (κ2) is 15.4. The van der Waals surface area contributed by atoms with Crippen molar-refractivity contribution in [2.75, 3.05) is 29.5 Å². The largest absolute Gasteiger partial charge is 0.456 e. The number of halogens is 3. The summed E-state index contributed by atoms with van der Waals surface area (Å²) in [6.07, 6.45) is 3.84. The standard InChI is InChI=1S/C44H38F3N4O6P/c1-2-51(20-6-19-49-21-15-30(16-22-49)31-17-23-50(24-18-31)25-26-58(53,54)55)35-12-13-38-41(29-35)56-40-14-11-34(48-33-8-5-7-32(27-33)44(45,46)47)28-39(40)43(38)37-10-4-3-9-36(37)42(52)57-43/h3-5,7-18,21-24,27-29,48H,2,6,19-20,25-26H2,1H3/p+2. The Bertz CT molecular complexity index is 2550. The van der Waals surface area contributed by atoms with Crippen molar-refractivity contribution >= 4 is 30.6 Å². The summed E-state index contributed by atoms with van der Waals surface area (Å²) in [5.74, 6) is 0.509. The molecule has 2 aliphatic heterocycles. The molecule has 0 radical (unpaired) electrons. The number of esters is 1. The first-order chi connectivity index (χ1) is 27.8. The highest BCUT2D eigenvalue weighted by molar-refractivity contribution is 7.51. The zero-order valence-electron chi connectivity index (χ0n) is 31.4. The molecule has 8 rings (SSSR count). The summed E-state index contributed by atoms with van der Waals surface area (Å²) >= 11 is 0. The minimum atomic E-state index is -4.49. The Balaban J connectivity index is 1.01. The number of ether oxygens (including phenoxy) is 2. The van der Waals surface area contributed by atoms with Gasteiger partial charge in [-0.3, -0.25) is 4.57 Å². The number of carbonyl (C=O) groups excluding carboxylic acids is 1. The van der Waals surface area contributed by atoms with E-state index in [2.05, 4.69) is 21.7 Å². The van der Waals surface area contributed by atoms with Gasteiger partial charge in [0.05, 0.1) is 11.1 Å². The number of carbonyl (C=O) groups is 1. The molecule has 14 heteroatoms. The molecule has 3 N–H and O–H groups in total. The van der Waals surface area contributed by atoms with Gasteiger partial charge in [0.1, 0.15) is 24.2 Å². The van der Waals surface area contributed by atoms with E-state index in [4.69, 9.17) is 19.3 Å². The van der Waals surface area contributed by atoms with Gasteiger partial charge in [0, 0.05) is 83.6 Å². The molecule has 2 aromatic heterocycles. The molecule has 0 fully saturated rings.